The molecular weight excluding hydrogens is 234 g/mol. The summed E-state index contributed by atoms with van der Waals surface area (Å²) in [5, 5.41) is 8.85. The first-order valence-electron chi connectivity index (χ1n) is 6.68. The highest BCUT2D eigenvalue weighted by atomic mass is 16.6. The van der Waals surface area contributed by atoms with Crippen molar-refractivity contribution >= 4 is 12.1 Å². The first kappa shape index (κ1) is 13.2. The molecule has 2 aliphatic heterocycles. The Morgan fingerprint density at radius 3 is 2.28 bits per heavy atom. The molecule has 0 aromatic heterocycles. The van der Waals surface area contributed by atoms with Crippen LogP contribution in [0.5, 0.6) is 0 Å². The highest BCUT2D eigenvalue weighted by Gasteiger charge is 2.44. The van der Waals surface area contributed by atoms with Crippen LogP contribution in [0.4, 0.5) is 4.79 Å². The third kappa shape index (κ3) is 2.76. The second-order valence-electron chi connectivity index (χ2n) is 5.66. The van der Waals surface area contributed by atoms with Crippen LogP contribution in [-0.4, -0.2) is 40.3 Å². The van der Waals surface area contributed by atoms with Crippen LogP contribution in [0.3, 0.4) is 0 Å². The summed E-state index contributed by atoms with van der Waals surface area (Å²) in [6, 6.07) is 0.360. The number of fused-ring (bicyclic) bond motifs is 2. The number of rotatable bonds is 3. The van der Waals surface area contributed by atoms with Gasteiger partial charge in [-0.05, 0) is 45.4 Å². The van der Waals surface area contributed by atoms with Crippen molar-refractivity contribution in [3.8, 4) is 0 Å². The Bertz CT molecular complexity index is 328. The van der Waals surface area contributed by atoms with E-state index in [-0.39, 0.29) is 36.6 Å². The van der Waals surface area contributed by atoms with Crippen molar-refractivity contribution in [3.63, 3.8) is 0 Å². The van der Waals surface area contributed by atoms with Crippen LogP contribution >= 0.6 is 0 Å². The quantitative estimate of drug-likeness (QED) is 0.840. The predicted molar refractivity (Wildman–Crippen MR) is 65.2 cm³/mol. The summed E-state index contributed by atoms with van der Waals surface area (Å²) in [4.78, 5) is 24.6. The van der Waals surface area contributed by atoms with Crippen molar-refractivity contribution in [1.82, 2.24) is 4.90 Å². The zero-order valence-electron chi connectivity index (χ0n) is 11.0. The lowest BCUT2D eigenvalue weighted by Gasteiger charge is -2.38. The molecular formula is C13H21NO4. The van der Waals surface area contributed by atoms with Crippen LogP contribution < -0.4 is 0 Å². The molecule has 0 aromatic rings. The molecule has 2 aliphatic rings. The van der Waals surface area contributed by atoms with Gasteiger partial charge in [0.15, 0.2) is 0 Å². The number of carbonyl (C=O) groups excluding carboxylic acids is 1. The van der Waals surface area contributed by atoms with Gasteiger partial charge in [-0.2, -0.15) is 0 Å². The Kier molecular flexibility index (Phi) is 3.78. The molecule has 5 nitrogen and oxygen atoms in total. The van der Waals surface area contributed by atoms with Gasteiger partial charge in [0.2, 0.25) is 0 Å². The fourth-order valence-electron chi connectivity index (χ4n) is 3.26. The van der Waals surface area contributed by atoms with Crippen molar-refractivity contribution in [2.45, 2.75) is 64.1 Å². The number of aliphatic carboxylic acids is 1. The van der Waals surface area contributed by atoms with Gasteiger partial charge < -0.3 is 14.7 Å². The van der Waals surface area contributed by atoms with E-state index in [0.717, 1.165) is 25.7 Å². The third-order valence-electron chi connectivity index (χ3n) is 3.84. The minimum absolute atomic E-state index is 0.103. The van der Waals surface area contributed by atoms with Crippen molar-refractivity contribution in [3.05, 3.63) is 0 Å². The average Bonchev–Trinajstić information content (AvgIpc) is 2.49. The lowest BCUT2D eigenvalue weighted by atomic mass is 9.88. The minimum Gasteiger partial charge on any atom is -0.481 e. The molecule has 0 aliphatic carbocycles. The van der Waals surface area contributed by atoms with Gasteiger partial charge in [0.25, 0.3) is 0 Å². The number of carboxylic acids is 1. The van der Waals surface area contributed by atoms with E-state index in [9.17, 15) is 9.59 Å². The van der Waals surface area contributed by atoms with E-state index >= 15 is 0 Å². The Balaban J connectivity index is 1.97. The normalized spacial score (nSPS) is 30.6. The van der Waals surface area contributed by atoms with E-state index in [0.29, 0.717) is 0 Å². The average molecular weight is 255 g/mol. The monoisotopic (exact) mass is 255 g/mol. The van der Waals surface area contributed by atoms with Crippen molar-refractivity contribution in [2.75, 3.05) is 0 Å². The Morgan fingerprint density at radius 1 is 1.28 bits per heavy atom. The van der Waals surface area contributed by atoms with Crippen LogP contribution in [0.2, 0.25) is 0 Å². The van der Waals surface area contributed by atoms with Gasteiger partial charge in [-0.15, -0.1) is 0 Å². The lowest BCUT2D eigenvalue weighted by molar-refractivity contribution is -0.138. The van der Waals surface area contributed by atoms with Gasteiger partial charge in [-0.25, -0.2) is 4.79 Å². The first-order valence-corrected chi connectivity index (χ1v) is 6.68. The summed E-state index contributed by atoms with van der Waals surface area (Å²) < 4.78 is 5.26. The SMILES string of the molecule is CC(C)OC(=O)N1C2CCC1CC(CC(=O)O)C2. The minimum atomic E-state index is -0.738. The van der Waals surface area contributed by atoms with Crippen molar-refractivity contribution < 1.29 is 19.4 Å². The number of nitrogens with zero attached hydrogens (tertiary/aromatic N) is 1. The number of carbonyl (C=O) groups is 2. The molecule has 18 heavy (non-hydrogen) atoms. The molecule has 2 saturated heterocycles. The fourth-order valence-corrected chi connectivity index (χ4v) is 3.26. The molecule has 2 bridgehead atoms. The summed E-state index contributed by atoms with van der Waals surface area (Å²) in [5.74, 6) is -0.527. The van der Waals surface area contributed by atoms with Crippen LogP contribution in [0.1, 0.15) is 46.0 Å². The molecule has 2 heterocycles. The number of carboxylic acid groups (broad SMARTS) is 1. The van der Waals surface area contributed by atoms with Gasteiger partial charge in [0.1, 0.15) is 0 Å². The molecule has 0 radical (unpaired) electrons. The summed E-state index contributed by atoms with van der Waals surface area (Å²) >= 11 is 0. The van der Waals surface area contributed by atoms with Crippen LogP contribution in [-0.2, 0) is 9.53 Å². The number of ether oxygens (including phenoxy) is 1. The smallest absolute Gasteiger partial charge is 0.410 e. The summed E-state index contributed by atoms with van der Waals surface area (Å²) in [7, 11) is 0. The zero-order valence-corrected chi connectivity index (χ0v) is 11.0. The van der Waals surface area contributed by atoms with Gasteiger partial charge >= 0.3 is 12.1 Å². The molecule has 0 aromatic carbocycles. The number of piperidine rings is 1. The summed E-state index contributed by atoms with van der Waals surface area (Å²) in [6.45, 7) is 3.69. The molecule has 2 fully saturated rings. The van der Waals surface area contributed by atoms with Crippen LogP contribution in [0, 0.1) is 5.92 Å². The summed E-state index contributed by atoms with van der Waals surface area (Å²) in [6.07, 6.45) is 3.45. The van der Waals surface area contributed by atoms with Crippen molar-refractivity contribution in [2.24, 2.45) is 5.92 Å². The highest BCUT2D eigenvalue weighted by molar-refractivity contribution is 5.70. The highest BCUT2D eigenvalue weighted by Crippen LogP contribution is 2.40. The van der Waals surface area contributed by atoms with Gasteiger partial charge in [-0.3, -0.25) is 4.79 Å². The van der Waals surface area contributed by atoms with Crippen molar-refractivity contribution in [1.29, 1.82) is 0 Å². The maximum atomic E-state index is 12.0. The zero-order chi connectivity index (χ0) is 13.3. The molecule has 2 unspecified atom stereocenters. The Labute approximate surface area is 107 Å². The largest absolute Gasteiger partial charge is 0.481 e. The Morgan fingerprint density at radius 2 is 1.83 bits per heavy atom. The molecule has 5 heteroatoms. The van der Waals surface area contributed by atoms with E-state index in [2.05, 4.69) is 0 Å². The topological polar surface area (TPSA) is 66.8 Å². The predicted octanol–water partition coefficient (Wildman–Crippen LogP) is 2.25. The second-order valence-corrected chi connectivity index (χ2v) is 5.66. The second kappa shape index (κ2) is 5.16. The molecule has 2 atom stereocenters. The maximum Gasteiger partial charge on any atom is 0.410 e. The molecule has 1 N–H and O–H groups in total. The molecule has 2 rings (SSSR count). The van der Waals surface area contributed by atoms with Gasteiger partial charge in [0.05, 0.1) is 6.10 Å². The Hall–Kier alpha value is -1.26. The lowest BCUT2D eigenvalue weighted by Crippen LogP contribution is -2.47. The molecule has 102 valence electrons. The van der Waals surface area contributed by atoms with Gasteiger partial charge in [0, 0.05) is 18.5 Å². The molecule has 1 amide bonds. The number of hydrogen-bond donors (Lipinski definition) is 1. The van der Waals surface area contributed by atoms with E-state index < -0.39 is 5.97 Å². The fraction of sp³-hybridized carbons (Fsp3) is 0.846. The molecule has 0 spiro atoms. The summed E-state index contributed by atoms with van der Waals surface area (Å²) in [5.41, 5.74) is 0. The van der Waals surface area contributed by atoms with E-state index in [4.69, 9.17) is 9.84 Å². The molecule has 0 saturated carbocycles. The van der Waals surface area contributed by atoms with Gasteiger partial charge in [-0.1, -0.05) is 0 Å². The van der Waals surface area contributed by atoms with E-state index in [1.165, 1.54) is 0 Å². The number of hydrogen-bond acceptors (Lipinski definition) is 3. The maximum absolute atomic E-state index is 12.0. The first-order chi connectivity index (χ1) is 8.47. The van der Waals surface area contributed by atoms with Crippen LogP contribution in [0.15, 0.2) is 0 Å². The number of amides is 1. The third-order valence-corrected chi connectivity index (χ3v) is 3.84. The standard InChI is InChI=1S/C13H21NO4/c1-8(2)18-13(17)14-10-3-4-11(14)6-9(5-10)7-12(15)16/h8-11H,3-7H2,1-2H3,(H,15,16). The van der Waals surface area contributed by atoms with E-state index in [1.807, 2.05) is 18.7 Å². The van der Waals surface area contributed by atoms with Crippen LogP contribution in [0.25, 0.3) is 0 Å². The van der Waals surface area contributed by atoms with E-state index in [1.54, 1.807) is 0 Å².